The molecular weight excluding hydrogens is 466 g/mol. The summed E-state index contributed by atoms with van der Waals surface area (Å²) in [5, 5.41) is 8.70. The van der Waals surface area contributed by atoms with E-state index in [0.29, 0.717) is 31.1 Å². The average Bonchev–Trinajstić information content (AvgIpc) is 3.28. The number of nitrogens with zero attached hydrogens (tertiary/aromatic N) is 5. The maximum atomic E-state index is 13.8. The Labute approximate surface area is 218 Å². The van der Waals surface area contributed by atoms with Crippen LogP contribution in [0, 0.1) is 6.92 Å². The summed E-state index contributed by atoms with van der Waals surface area (Å²) >= 11 is 0. The topological polar surface area (TPSA) is 72.7 Å². The van der Waals surface area contributed by atoms with Gasteiger partial charge in [-0.2, -0.15) is 0 Å². The van der Waals surface area contributed by atoms with Gasteiger partial charge in [0.2, 0.25) is 0 Å². The first-order valence-electron chi connectivity index (χ1n) is 12.1. The third-order valence-electron chi connectivity index (χ3n) is 6.32. The van der Waals surface area contributed by atoms with E-state index in [1.165, 1.54) is 5.56 Å². The number of aromatic nitrogens is 3. The van der Waals surface area contributed by atoms with Crippen molar-refractivity contribution >= 4 is 6.03 Å². The molecule has 0 radical (unpaired) electrons. The molecule has 192 valence electrons. The van der Waals surface area contributed by atoms with E-state index in [1.807, 2.05) is 93.8 Å². The maximum absolute atomic E-state index is 13.8. The molecule has 1 aromatic heterocycles. The number of amides is 2. The molecule has 4 aromatic rings. The van der Waals surface area contributed by atoms with Crippen molar-refractivity contribution in [3.05, 3.63) is 95.2 Å². The number of aryl methyl sites for hydroxylation is 2. The number of hydrogen-bond acceptors (Lipinski definition) is 5. The van der Waals surface area contributed by atoms with Gasteiger partial charge in [-0.05, 0) is 24.6 Å². The van der Waals surface area contributed by atoms with Crippen LogP contribution in [0.25, 0.3) is 11.3 Å². The van der Waals surface area contributed by atoms with E-state index in [2.05, 4.69) is 10.3 Å². The average molecular weight is 500 g/mol. The van der Waals surface area contributed by atoms with Gasteiger partial charge in [-0.1, -0.05) is 65.4 Å². The molecule has 0 spiro atoms. The van der Waals surface area contributed by atoms with Crippen molar-refractivity contribution in [2.24, 2.45) is 7.05 Å². The molecule has 4 rings (SSSR count). The molecule has 0 aliphatic rings. The molecule has 0 saturated carbocycles. The highest BCUT2D eigenvalue weighted by Gasteiger charge is 2.24. The first kappa shape index (κ1) is 25.8. The summed E-state index contributed by atoms with van der Waals surface area (Å²) < 4.78 is 12.7. The van der Waals surface area contributed by atoms with Crippen molar-refractivity contribution in [3.8, 4) is 22.8 Å². The molecule has 0 fully saturated rings. The lowest BCUT2D eigenvalue weighted by Crippen LogP contribution is -2.40. The molecule has 0 unspecified atom stereocenters. The number of benzene rings is 3. The lowest BCUT2D eigenvalue weighted by Gasteiger charge is -2.29. The van der Waals surface area contributed by atoms with Crippen LogP contribution >= 0.6 is 0 Å². The molecule has 1 heterocycles. The van der Waals surface area contributed by atoms with Crippen LogP contribution in [0.5, 0.6) is 11.5 Å². The Morgan fingerprint density at radius 1 is 0.919 bits per heavy atom. The summed E-state index contributed by atoms with van der Waals surface area (Å²) in [7, 11) is 6.90. The zero-order valence-electron chi connectivity index (χ0n) is 22.0. The van der Waals surface area contributed by atoms with Crippen LogP contribution in [0.3, 0.4) is 0 Å². The SMILES string of the molecule is COc1ccc(CN(Cc2c(-c3ccc(C)cc3)nnn2C)C(=O)N(C)Cc2ccccc2)c(OC)c1. The smallest absolute Gasteiger partial charge is 0.320 e. The fourth-order valence-corrected chi connectivity index (χ4v) is 4.22. The predicted octanol–water partition coefficient (Wildman–Crippen LogP) is 5.06. The highest BCUT2D eigenvalue weighted by atomic mass is 16.5. The molecule has 0 atom stereocenters. The molecule has 0 N–H and O–H groups in total. The van der Waals surface area contributed by atoms with Gasteiger partial charge in [-0.25, -0.2) is 9.48 Å². The van der Waals surface area contributed by atoms with Crippen LogP contribution in [0.15, 0.2) is 72.8 Å². The zero-order valence-corrected chi connectivity index (χ0v) is 22.0. The van der Waals surface area contributed by atoms with Crippen LogP contribution in [-0.2, 0) is 26.7 Å². The number of methoxy groups -OCH3 is 2. The van der Waals surface area contributed by atoms with E-state index in [0.717, 1.165) is 28.1 Å². The number of urea groups is 1. The molecule has 0 aliphatic heterocycles. The van der Waals surface area contributed by atoms with Gasteiger partial charge < -0.3 is 19.3 Å². The van der Waals surface area contributed by atoms with E-state index in [9.17, 15) is 4.79 Å². The summed E-state index contributed by atoms with van der Waals surface area (Å²) in [6, 6.07) is 23.6. The maximum Gasteiger partial charge on any atom is 0.320 e. The monoisotopic (exact) mass is 499 g/mol. The standard InChI is InChI=1S/C29H33N5O3/c1-21-11-13-23(14-12-21)28-26(33(3)31-30-28)20-34(19-24-15-16-25(36-4)17-27(24)37-5)29(35)32(2)18-22-9-7-6-8-10-22/h6-17H,18-20H2,1-5H3. The first-order chi connectivity index (χ1) is 17.9. The molecule has 0 bridgehead atoms. The van der Waals surface area contributed by atoms with Crippen LogP contribution in [0.4, 0.5) is 4.79 Å². The Morgan fingerprint density at radius 3 is 2.32 bits per heavy atom. The number of carbonyl (C=O) groups is 1. The van der Waals surface area contributed by atoms with E-state index >= 15 is 0 Å². The lowest BCUT2D eigenvalue weighted by molar-refractivity contribution is 0.153. The van der Waals surface area contributed by atoms with E-state index in [1.54, 1.807) is 28.7 Å². The minimum Gasteiger partial charge on any atom is -0.497 e. The van der Waals surface area contributed by atoms with Gasteiger partial charge in [0, 0.05) is 37.8 Å². The highest BCUT2D eigenvalue weighted by molar-refractivity contribution is 5.75. The predicted molar refractivity (Wildman–Crippen MR) is 143 cm³/mol. The minimum atomic E-state index is -0.113. The molecule has 0 saturated heterocycles. The Kier molecular flexibility index (Phi) is 8.08. The Hall–Kier alpha value is -4.33. The van der Waals surface area contributed by atoms with Gasteiger partial charge in [0.05, 0.1) is 33.0 Å². The zero-order chi connectivity index (χ0) is 26.4. The van der Waals surface area contributed by atoms with Crippen LogP contribution in [0.2, 0.25) is 0 Å². The third kappa shape index (κ3) is 6.09. The molecule has 8 heteroatoms. The molecule has 8 nitrogen and oxygen atoms in total. The largest absolute Gasteiger partial charge is 0.497 e. The van der Waals surface area contributed by atoms with Crippen molar-refractivity contribution in [1.82, 2.24) is 24.8 Å². The second kappa shape index (κ2) is 11.6. The second-order valence-corrected chi connectivity index (χ2v) is 9.03. The van der Waals surface area contributed by atoms with Crippen molar-refractivity contribution < 1.29 is 14.3 Å². The Balaban J connectivity index is 1.68. The fourth-order valence-electron chi connectivity index (χ4n) is 4.22. The van der Waals surface area contributed by atoms with Crippen molar-refractivity contribution in [3.63, 3.8) is 0 Å². The van der Waals surface area contributed by atoms with Crippen molar-refractivity contribution in [2.45, 2.75) is 26.6 Å². The molecular formula is C29H33N5O3. The van der Waals surface area contributed by atoms with Crippen LogP contribution in [0.1, 0.15) is 22.4 Å². The number of ether oxygens (including phenoxy) is 2. The summed E-state index contributed by atoms with van der Waals surface area (Å²) in [5.41, 5.74) is 5.66. The van der Waals surface area contributed by atoms with Gasteiger partial charge in [0.1, 0.15) is 17.2 Å². The van der Waals surface area contributed by atoms with E-state index < -0.39 is 0 Å². The normalized spacial score (nSPS) is 10.7. The number of hydrogen-bond donors (Lipinski definition) is 0. The van der Waals surface area contributed by atoms with Gasteiger partial charge in [-0.15, -0.1) is 5.10 Å². The Bertz CT molecular complexity index is 1340. The lowest BCUT2D eigenvalue weighted by atomic mass is 10.1. The van der Waals surface area contributed by atoms with E-state index in [-0.39, 0.29) is 6.03 Å². The van der Waals surface area contributed by atoms with E-state index in [4.69, 9.17) is 9.47 Å². The molecule has 3 aromatic carbocycles. The second-order valence-electron chi connectivity index (χ2n) is 9.03. The minimum absolute atomic E-state index is 0.113. The quantitative estimate of drug-likeness (QED) is 0.322. The summed E-state index contributed by atoms with van der Waals surface area (Å²) in [6.45, 7) is 3.19. The Morgan fingerprint density at radius 2 is 1.65 bits per heavy atom. The van der Waals surface area contributed by atoms with Crippen LogP contribution in [-0.4, -0.2) is 52.1 Å². The number of rotatable bonds is 9. The molecule has 0 aliphatic carbocycles. The van der Waals surface area contributed by atoms with Crippen LogP contribution < -0.4 is 9.47 Å². The van der Waals surface area contributed by atoms with Gasteiger partial charge in [-0.3, -0.25) is 0 Å². The summed E-state index contributed by atoms with van der Waals surface area (Å²) in [5.74, 6) is 1.35. The summed E-state index contributed by atoms with van der Waals surface area (Å²) in [4.78, 5) is 17.4. The fraction of sp³-hybridized carbons (Fsp3) is 0.276. The summed E-state index contributed by atoms with van der Waals surface area (Å²) in [6.07, 6.45) is 0. The van der Waals surface area contributed by atoms with Crippen molar-refractivity contribution in [1.29, 1.82) is 0 Å². The molecule has 2 amide bonds. The molecule has 37 heavy (non-hydrogen) atoms. The first-order valence-corrected chi connectivity index (χ1v) is 12.1. The number of carbonyl (C=O) groups excluding carboxylic acids is 1. The van der Waals surface area contributed by atoms with Crippen molar-refractivity contribution in [2.75, 3.05) is 21.3 Å². The van der Waals surface area contributed by atoms with Gasteiger partial charge >= 0.3 is 6.03 Å². The highest BCUT2D eigenvalue weighted by Crippen LogP contribution is 2.28. The van der Waals surface area contributed by atoms with Gasteiger partial charge in [0.15, 0.2) is 0 Å². The third-order valence-corrected chi connectivity index (χ3v) is 6.32. The van der Waals surface area contributed by atoms with Gasteiger partial charge in [0.25, 0.3) is 0 Å².